The Labute approximate surface area is 121 Å². The molecule has 20 heavy (non-hydrogen) atoms. The van der Waals surface area contributed by atoms with Crippen molar-refractivity contribution in [3.8, 4) is 0 Å². The number of urea groups is 1. The van der Waals surface area contributed by atoms with Gasteiger partial charge in [-0.1, -0.05) is 12.8 Å². The lowest BCUT2D eigenvalue weighted by Crippen LogP contribution is -2.50. The highest BCUT2D eigenvalue weighted by molar-refractivity contribution is 5.80. The number of nitrogens with one attached hydrogen (secondary N) is 2. The molecule has 5 heteroatoms. The minimum absolute atomic E-state index is 0.0858. The molecule has 1 saturated heterocycles. The van der Waals surface area contributed by atoms with E-state index in [1.165, 1.54) is 12.8 Å². The van der Waals surface area contributed by atoms with E-state index in [0.29, 0.717) is 12.5 Å². The van der Waals surface area contributed by atoms with Crippen LogP contribution in [-0.4, -0.2) is 41.5 Å². The fourth-order valence-electron chi connectivity index (χ4n) is 3.07. The van der Waals surface area contributed by atoms with Crippen LogP contribution in [0.25, 0.3) is 0 Å². The molecule has 1 atom stereocenters. The first-order valence-electron chi connectivity index (χ1n) is 7.72. The van der Waals surface area contributed by atoms with Crippen molar-refractivity contribution < 1.29 is 9.59 Å². The first-order valence-corrected chi connectivity index (χ1v) is 7.72. The Morgan fingerprint density at radius 2 is 1.75 bits per heavy atom. The average molecular weight is 281 g/mol. The quantitative estimate of drug-likeness (QED) is 0.812. The summed E-state index contributed by atoms with van der Waals surface area (Å²) in [5.74, 6) is 0.528. The van der Waals surface area contributed by atoms with Gasteiger partial charge in [-0.15, -0.1) is 0 Å². The van der Waals surface area contributed by atoms with Crippen molar-refractivity contribution in [1.29, 1.82) is 0 Å². The number of hydrogen-bond acceptors (Lipinski definition) is 2. The van der Waals surface area contributed by atoms with Crippen molar-refractivity contribution in [3.05, 3.63) is 0 Å². The Bertz CT molecular complexity index is 370. The molecule has 1 saturated carbocycles. The van der Waals surface area contributed by atoms with Gasteiger partial charge in [0.05, 0.1) is 0 Å². The van der Waals surface area contributed by atoms with Gasteiger partial charge in [0.15, 0.2) is 0 Å². The highest BCUT2D eigenvalue weighted by Gasteiger charge is 2.32. The summed E-state index contributed by atoms with van der Waals surface area (Å²) in [6.07, 6.45) is 5.30. The van der Waals surface area contributed by atoms with E-state index in [4.69, 9.17) is 0 Å². The van der Waals surface area contributed by atoms with Crippen LogP contribution in [0.4, 0.5) is 4.79 Å². The summed E-state index contributed by atoms with van der Waals surface area (Å²) < 4.78 is 0. The summed E-state index contributed by atoms with van der Waals surface area (Å²) in [5, 5.41) is 5.86. The molecule has 0 bridgehead atoms. The molecule has 5 nitrogen and oxygen atoms in total. The molecule has 2 fully saturated rings. The third-order valence-corrected chi connectivity index (χ3v) is 4.03. The van der Waals surface area contributed by atoms with Gasteiger partial charge < -0.3 is 15.5 Å². The molecule has 0 spiro atoms. The van der Waals surface area contributed by atoms with Crippen LogP contribution in [0.1, 0.15) is 52.9 Å². The second-order valence-corrected chi connectivity index (χ2v) is 7.10. The Hall–Kier alpha value is -1.26. The second kappa shape index (κ2) is 6.02. The number of nitrogens with zero attached hydrogens (tertiary/aromatic N) is 1. The fourth-order valence-corrected chi connectivity index (χ4v) is 3.07. The molecule has 1 unspecified atom stereocenters. The van der Waals surface area contributed by atoms with Crippen LogP contribution >= 0.6 is 0 Å². The number of rotatable bonds is 2. The van der Waals surface area contributed by atoms with Crippen LogP contribution in [0, 0.1) is 5.92 Å². The number of likely N-dealkylation sites (tertiary alicyclic amines) is 1. The van der Waals surface area contributed by atoms with Gasteiger partial charge in [-0.05, 0) is 40.0 Å². The van der Waals surface area contributed by atoms with Crippen molar-refractivity contribution in [2.75, 3.05) is 13.1 Å². The standard InChI is InChI=1S/C15H27N3O2/c1-15(2,3)17-14(20)16-12-8-9-18(10-12)13(19)11-6-4-5-7-11/h11-12H,4-10H2,1-3H3,(H2,16,17,20). The maximum atomic E-state index is 12.3. The van der Waals surface area contributed by atoms with Crippen LogP contribution < -0.4 is 10.6 Å². The van der Waals surface area contributed by atoms with Crippen molar-refractivity contribution in [3.63, 3.8) is 0 Å². The van der Waals surface area contributed by atoms with E-state index >= 15 is 0 Å². The maximum absolute atomic E-state index is 12.3. The van der Waals surface area contributed by atoms with Crippen LogP contribution in [-0.2, 0) is 4.79 Å². The smallest absolute Gasteiger partial charge is 0.315 e. The Morgan fingerprint density at radius 3 is 2.35 bits per heavy atom. The highest BCUT2D eigenvalue weighted by Crippen LogP contribution is 2.27. The molecule has 0 aromatic rings. The lowest BCUT2D eigenvalue weighted by Gasteiger charge is -2.23. The van der Waals surface area contributed by atoms with Crippen LogP contribution in [0.15, 0.2) is 0 Å². The largest absolute Gasteiger partial charge is 0.340 e. The van der Waals surface area contributed by atoms with Gasteiger partial charge in [0.2, 0.25) is 5.91 Å². The van der Waals surface area contributed by atoms with Crippen molar-refractivity contribution in [2.24, 2.45) is 5.92 Å². The topological polar surface area (TPSA) is 61.4 Å². The van der Waals surface area contributed by atoms with E-state index in [1.54, 1.807) is 0 Å². The highest BCUT2D eigenvalue weighted by atomic mass is 16.2. The molecular formula is C15H27N3O2. The van der Waals surface area contributed by atoms with Gasteiger partial charge in [0.25, 0.3) is 0 Å². The third-order valence-electron chi connectivity index (χ3n) is 4.03. The van der Waals surface area contributed by atoms with E-state index in [2.05, 4.69) is 10.6 Å². The zero-order valence-electron chi connectivity index (χ0n) is 12.9. The van der Waals surface area contributed by atoms with Gasteiger partial charge in [0.1, 0.15) is 0 Å². The maximum Gasteiger partial charge on any atom is 0.315 e. The monoisotopic (exact) mass is 281 g/mol. The number of hydrogen-bond donors (Lipinski definition) is 2. The molecule has 0 radical (unpaired) electrons. The first-order chi connectivity index (χ1) is 9.35. The molecule has 1 aliphatic carbocycles. The summed E-state index contributed by atoms with van der Waals surface area (Å²) in [4.78, 5) is 26.1. The number of carbonyl (C=O) groups excluding carboxylic acids is 2. The molecule has 2 N–H and O–H groups in total. The molecule has 3 amide bonds. The van der Waals surface area contributed by atoms with Crippen LogP contribution in [0.2, 0.25) is 0 Å². The van der Waals surface area contributed by atoms with Gasteiger partial charge in [-0.3, -0.25) is 4.79 Å². The number of amides is 3. The normalized spacial score (nSPS) is 23.9. The second-order valence-electron chi connectivity index (χ2n) is 7.10. The zero-order chi connectivity index (χ0) is 14.8. The van der Waals surface area contributed by atoms with Crippen molar-refractivity contribution in [1.82, 2.24) is 15.5 Å². The van der Waals surface area contributed by atoms with Gasteiger partial charge >= 0.3 is 6.03 Å². The molecule has 0 aromatic carbocycles. The lowest BCUT2D eigenvalue weighted by molar-refractivity contribution is -0.134. The molecule has 1 aliphatic heterocycles. The minimum atomic E-state index is -0.234. The summed E-state index contributed by atoms with van der Waals surface area (Å²) in [7, 11) is 0. The van der Waals surface area contributed by atoms with Crippen molar-refractivity contribution >= 4 is 11.9 Å². The van der Waals surface area contributed by atoms with Gasteiger partial charge in [-0.25, -0.2) is 4.79 Å². The van der Waals surface area contributed by atoms with E-state index in [1.807, 2.05) is 25.7 Å². The summed E-state index contributed by atoms with van der Waals surface area (Å²) >= 11 is 0. The van der Waals surface area contributed by atoms with E-state index in [0.717, 1.165) is 25.8 Å². The fraction of sp³-hybridized carbons (Fsp3) is 0.867. The number of carbonyl (C=O) groups is 2. The zero-order valence-corrected chi connectivity index (χ0v) is 12.9. The Morgan fingerprint density at radius 1 is 1.10 bits per heavy atom. The average Bonchev–Trinajstić information content (AvgIpc) is 2.95. The van der Waals surface area contributed by atoms with Crippen LogP contribution in [0.3, 0.4) is 0 Å². The molecule has 2 aliphatic rings. The molecular weight excluding hydrogens is 254 g/mol. The Kier molecular flexibility index (Phi) is 4.55. The first kappa shape index (κ1) is 15.1. The van der Waals surface area contributed by atoms with E-state index in [-0.39, 0.29) is 23.5 Å². The van der Waals surface area contributed by atoms with Gasteiger partial charge in [0, 0.05) is 30.6 Å². The summed E-state index contributed by atoms with van der Waals surface area (Å²) in [5.41, 5.74) is -0.234. The molecule has 1 heterocycles. The van der Waals surface area contributed by atoms with Crippen LogP contribution in [0.5, 0.6) is 0 Å². The van der Waals surface area contributed by atoms with E-state index in [9.17, 15) is 9.59 Å². The Balaban J connectivity index is 1.77. The van der Waals surface area contributed by atoms with E-state index < -0.39 is 0 Å². The lowest BCUT2D eigenvalue weighted by atomic mass is 10.1. The SMILES string of the molecule is CC(C)(C)NC(=O)NC1CCN(C(=O)C2CCCC2)C1. The molecule has 2 rings (SSSR count). The predicted molar refractivity (Wildman–Crippen MR) is 78.4 cm³/mol. The predicted octanol–water partition coefficient (Wildman–Crippen LogP) is 1.88. The third kappa shape index (κ3) is 4.12. The van der Waals surface area contributed by atoms with Gasteiger partial charge in [-0.2, -0.15) is 0 Å². The molecule has 114 valence electrons. The summed E-state index contributed by atoms with van der Waals surface area (Å²) in [6.45, 7) is 7.30. The minimum Gasteiger partial charge on any atom is -0.340 e. The molecule has 0 aromatic heterocycles. The van der Waals surface area contributed by atoms with Crippen molar-refractivity contribution in [2.45, 2.75) is 64.5 Å². The summed E-state index contributed by atoms with van der Waals surface area (Å²) in [6, 6.07) is -0.0552.